The molecule has 4 aromatic rings. The molecule has 216 valence electrons. The third-order valence-electron chi connectivity index (χ3n) is 7.22. The van der Waals surface area contributed by atoms with Gasteiger partial charge in [0.2, 0.25) is 0 Å². The molecule has 1 aliphatic heterocycles. The molecule has 0 saturated carbocycles. The van der Waals surface area contributed by atoms with Crippen molar-refractivity contribution in [1.82, 2.24) is 0 Å². The van der Waals surface area contributed by atoms with E-state index >= 15 is 0 Å². The molecule has 1 saturated heterocycles. The number of nitrogens with zero attached hydrogens (tertiary/aromatic N) is 2. The molecule has 1 fully saturated rings. The molecule has 10 nitrogen and oxygen atoms in total. The van der Waals surface area contributed by atoms with Crippen molar-refractivity contribution in [1.29, 1.82) is 0 Å². The molecule has 1 heterocycles. The molecule has 2 N–H and O–H groups in total. The highest BCUT2D eigenvalue weighted by Crippen LogP contribution is 2.35. The molecule has 12 heteroatoms. The Kier molecular flexibility index (Phi) is 9.12. The van der Waals surface area contributed by atoms with Crippen LogP contribution in [0.1, 0.15) is 25.0 Å². The van der Waals surface area contributed by atoms with E-state index in [0.717, 1.165) is 30.5 Å². The molecule has 0 aromatic heterocycles. The minimum Gasteiger partial charge on any atom is -0.388 e. The molecule has 4 aromatic carbocycles. The third kappa shape index (κ3) is 6.27. The number of ether oxygens (including phenoxy) is 2. The lowest BCUT2D eigenvalue weighted by Crippen LogP contribution is -2.53. The van der Waals surface area contributed by atoms with Crippen molar-refractivity contribution >= 4 is 53.4 Å². The van der Waals surface area contributed by atoms with Gasteiger partial charge in [0, 0.05) is 29.9 Å². The van der Waals surface area contributed by atoms with Crippen molar-refractivity contribution in [3.05, 3.63) is 113 Å². The molecule has 0 spiro atoms. The SMILES string of the molecule is CC1(C)OCC(c2ccc3cc(Br)ccc3c2)([N+](=O)[O-])CO1.O=[N+]([O-])C(CO)(CO)c1ccc2cc(Br)ccc2c1. The van der Waals surface area contributed by atoms with Crippen LogP contribution in [-0.4, -0.2) is 52.3 Å². The normalized spacial score (nSPS) is 16.1. The average molecular weight is 692 g/mol. The summed E-state index contributed by atoms with van der Waals surface area (Å²) in [6.07, 6.45) is 0. The smallest absolute Gasteiger partial charge is 0.292 e. The van der Waals surface area contributed by atoms with Crippen molar-refractivity contribution in [2.75, 3.05) is 26.4 Å². The van der Waals surface area contributed by atoms with Crippen LogP contribution in [0.25, 0.3) is 21.5 Å². The standard InChI is InChI=1S/C16H16BrNO4.C13H12BrNO4/c1-15(2)21-9-16(10-22-15,18(19)20)13-5-3-12-8-14(17)6-4-11(12)7-13;14-12-4-2-9-5-11(3-1-10(9)6-12)13(7-16,8-17)15(18)19/h3-8H,9-10H2,1-2H3;1-6,16-17H,7-8H2. The van der Waals surface area contributed by atoms with Crippen LogP contribution in [0.3, 0.4) is 0 Å². The first-order valence-electron chi connectivity index (χ1n) is 12.5. The number of aliphatic hydroxyl groups excluding tert-OH is 2. The molecule has 0 radical (unpaired) electrons. The van der Waals surface area contributed by atoms with Gasteiger partial charge >= 0.3 is 0 Å². The van der Waals surface area contributed by atoms with Gasteiger partial charge in [0.15, 0.2) is 5.79 Å². The Balaban J connectivity index is 0.000000191. The molecule has 0 unspecified atom stereocenters. The minimum atomic E-state index is -1.86. The summed E-state index contributed by atoms with van der Waals surface area (Å²) in [5.41, 5.74) is -2.34. The van der Waals surface area contributed by atoms with Gasteiger partial charge in [-0.2, -0.15) is 0 Å². The van der Waals surface area contributed by atoms with E-state index in [1.54, 1.807) is 38.1 Å². The molecule has 0 bridgehead atoms. The van der Waals surface area contributed by atoms with E-state index in [4.69, 9.17) is 9.47 Å². The Labute approximate surface area is 252 Å². The van der Waals surface area contributed by atoms with Crippen molar-refractivity contribution in [2.24, 2.45) is 0 Å². The maximum absolute atomic E-state index is 11.7. The van der Waals surface area contributed by atoms with E-state index in [1.807, 2.05) is 48.5 Å². The second kappa shape index (κ2) is 12.1. The Bertz CT molecular complexity index is 1600. The van der Waals surface area contributed by atoms with Gasteiger partial charge in [-0.05, 0) is 71.8 Å². The van der Waals surface area contributed by atoms with Crippen LogP contribution in [0.5, 0.6) is 0 Å². The van der Waals surface area contributed by atoms with E-state index in [0.29, 0.717) is 5.56 Å². The summed E-state index contributed by atoms with van der Waals surface area (Å²) in [6.45, 7) is 2.00. The first-order chi connectivity index (χ1) is 19.4. The molecular formula is C29H28Br2N2O8. The number of aliphatic hydroxyl groups is 2. The topological polar surface area (TPSA) is 145 Å². The summed E-state index contributed by atoms with van der Waals surface area (Å²) < 4.78 is 13.0. The fourth-order valence-corrected chi connectivity index (χ4v) is 5.27. The highest BCUT2D eigenvalue weighted by molar-refractivity contribution is 9.10. The summed E-state index contributed by atoms with van der Waals surface area (Å²) in [7, 11) is 0. The van der Waals surface area contributed by atoms with Gasteiger partial charge < -0.3 is 19.7 Å². The molecule has 5 rings (SSSR count). The van der Waals surface area contributed by atoms with E-state index in [2.05, 4.69) is 31.9 Å². The summed E-state index contributed by atoms with van der Waals surface area (Å²) >= 11 is 6.78. The molecule has 1 aliphatic rings. The number of hydrogen-bond donors (Lipinski definition) is 2. The largest absolute Gasteiger partial charge is 0.388 e. The highest BCUT2D eigenvalue weighted by atomic mass is 79.9. The van der Waals surface area contributed by atoms with E-state index in [-0.39, 0.29) is 23.7 Å². The van der Waals surface area contributed by atoms with Gasteiger partial charge in [-0.25, -0.2) is 0 Å². The first kappa shape index (κ1) is 30.9. The Hall–Kier alpha value is -3.00. The van der Waals surface area contributed by atoms with Crippen molar-refractivity contribution < 1.29 is 29.5 Å². The lowest BCUT2D eigenvalue weighted by atomic mass is 9.89. The predicted octanol–water partition coefficient (Wildman–Crippen LogP) is 5.92. The van der Waals surface area contributed by atoms with Gasteiger partial charge in [-0.15, -0.1) is 0 Å². The fourth-order valence-electron chi connectivity index (χ4n) is 4.51. The quantitative estimate of drug-likeness (QED) is 0.187. The van der Waals surface area contributed by atoms with Gasteiger partial charge in [0.05, 0.1) is 0 Å². The van der Waals surface area contributed by atoms with E-state index in [1.165, 1.54) is 0 Å². The fraction of sp³-hybridized carbons (Fsp3) is 0.310. The van der Waals surface area contributed by atoms with Gasteiger partial charge in [-0.1, -0.05) is 68.3 Å². The zero-order chi connectivity index (χ0) is 30.0. The number of nitro groups is 2. The zero-order valence-corrected chi connectivity index (χ0v) is 25.4. The van der Waals surface area contributed by atoms with Crippen molar-refractivity contribution in [3.63, 3.8) is 0 Å². The number of benzene rings is 4. The van der Waals surface area contributed by atoms with Crippen LogP contribution < -0.4 is 0 Å². The second-order valence-electron chi connectivity index (χ2n) is 10.3. The van der Waals surface area contributed by atoms with E-state index < -0.39 is 35.0 Å². The maximum Gasteiger partial charge on any atom is 0.292 e. The molecule has 0 aliphatic carbocycles. The molecule has 0 atom stereocenters. The number of halogens is 2. The monoisotopic (exact) mass is 690 g/mol. The Morgan fingerprint density at radius 2 is 1.24 bits per heavy atom. The first-order valence-corrected chi connectivity index (χ1v) is 14.1. The number of fused-ring (bicyclic) bond motifs is 2. The van der Waals surface area contributed by atoms with Gasteiger partial charge in [-0.3, -0.25) is 20.2 Å². The minimum absolute atomic E-state index is 0.00493. The van der Waals surface area contributed by atoms with Gasteiger partial charge in [0.25, 0.3) is 11.1 Å². The predicted molar refractivity (Wildman–Crippen MR) is 161 cm³/mol. The number of rotatable bonds is 6. The summed E-state index contributed by atoms with van der Waals surface area (Å²) in [6, 6.07) is 21.8. The van der Waals surface area contributed by atoms with E-state index in [9.17, 15) is 30.4 Å². The lowest BCUT2D eigenvalue weighted by Gasteiger charge is -2.38. The van der Waals surface area contributed by atoms with Gasteiger partial charge in [0.1, 0.15) is 26.4 Å². The lowest BCUT2D eigenvalue weighted by molar-refractivity contribution is -0.605. The summed E-state index contributed by atoms with van der Waals surface area (Å²) in [5.74, 6) is -0.790. The van der Waals surface area contributed by atoms with Crippen molar-refractivity contribution in [2.45, 2.75) is 30.7 Å². The summed E-state index contributed by atoms with van der Waals surface area (Å²) in [5, 5.41) is 45.2. The number of hydrogen-bond acceptors (Lipinski definition) is 8. The molecule has 0 amide bonds. The van der Waals surface area contributed by atoms with Crippen LogP contribution >= 0.6 is 31.9 Å². The molecule has 41 heavy (non-hydrogen) atoms. The Morgan fingerprint density at radius 3 is 1.73 bits per heavy atom. The van der Waals surface area contributed by atoms with Crippen LogP contribution in [0.2, 0.25) is 0 Å². The van der Waals surface area contributed by atoms with Crippen molar-refractivity contribution in [3.8, 4) is 0 Å². The second-order valence-corrected chi connectivity index (χ2v) is 12.1. The zero-order valence-electron chi connectivity index (χ0n) is 22.3. The maximum atomic E-state index is 11.7. The van der Waals surface area contributed by atoms with Crippen LogP contribution in [0, 0.1) is 20.2 Å². The third-order valence-corrected chi connectivity index (χ3v) is 8.20. The van der Waals surface area contributed by atoms with Crippen LogP contribution in [0.4, 0.5) is 0 Å². The van der Waals surface area contributed by atoms with Crippen LogP contribution in [-0.2, 0) is 20.6 Å². The molecular weight excluding hydrogens is 664 g/mol. The highest BCUT2D eigenvalue weighted by Gasteiger charge is 2.51. The van der Waals surface area contributed by atoms with Crippen LogP contribution in [0.15, 0.2) is 81.7 Å². The average Bonchev–Trinajstić information content (AvgIpc) is 2.94. The Morgan fingerprint density at radius 1 is 0.780 bits per heavy atom. The summed E-state index contributed by atoms with van der Waals surface area (Å²) in [4.78, 5) is 21.9.